The number of rotatable bonds is 13. The summed E-state index contributed by atoms with van der Waals surface area (Å²) < 4.78 is 16.5. The van der Waals surface area contributed by atoms with Crippen molar-refractivity contribution in [3.63, 3.8) is 0 Å². The molecule has 0 rings (SSSR count). The molecule has 0 amide bonds. The third-order valence-corrected chi connectivity index (χ3v) is 3.90. The van der Waals surface area contributed by atoms with Gasteiger partial charge in [0.25, 0.3) is 5.97 Å². The number of isocyanates is 1. The Morgan fingerprint density at radius 2 is 1.32 bits per heavy atom. The summed E-state index contributed by atoms with van der Waals surface area (Å²) in [5.41, 5.74) is 0. The second-order valence-corrected chi connectivity index (χ2v) is 5.36. The smallest absolute Gasteiger partial charge is 0.285 e. The quantitative estimate of drug-likeness (QED) is 0.232. The number of carbonyl (C=O) groups excluding carboxylic acids is 1. The van der Waals surface area contributed by atoms with Crippen LogP contribution in [0.4, 0.5) is 0 Å². The first-order chi connectivity index (χ1) is 10.6. The zero-order valence-corrected chi connectivity index (χ0v) is 15.1. The van der Waals surface area contributed by atoms with Gasteiger partial charge in [-0.2, -0.15) is 0 Å². The van der Waals surface area contributed by atoms with Crippen molar-refractivity contribution in [1.82, 2.24) is 0 Å². The zero-order valence-electron chi connectivity index (χ0n) is 15.1. The van der Waals surface area contributed by atoms with E-state index in [4.69, 9.17) is 24.4 Å². The van der Waals surface area contributed by atoms with Crippen molar-refractivity contribution < 1.29 is 19.0 Å². The number of ether oxygens (including phenoxy) is 3. The molecule has 0 saturated carbocycles. The highest BCUT2D eigenvalue weighted by atomic mass is 16.9. The van der Waals surface area contributed by atoms with Crippen LogP contribution in [0, 0.1) is 11.3 Å². The molecule has 0 bridgehead atoms. The summed E-state index contributed by atoms with van der Waals surface area (Å²) in [6, 6.07) is 0. The molecule has 1 unspecified atom stereocenters. The second-order valence-electron chi connectivity index (χ2n) is 5.36. The number of hydrogen-bond acceptors (Lipinski definition) is 5. The average Bonchev–Trinajstić information content (AvgIpc) is 2.53. The van der Waals surface area contributed by atoms with Crippen molar-refractivity contribution >= 4 is 6.08 Å². The lowest BCUT2D eigenvalue weighted by atomic mass is 9.93. The van der Waals surface area contributed by atoms with Crippen molar-refractivity contribution in [3.8, 4) is 0 Å². The molecule has 5 heteroatoms. The van der Waals surface area contributed by atoms with Gasteiger partial charge in [-0.1, -0.05) is 58.8 Å². The van der Waals surface area contributed by atoms with Crippen LogP contribution in [0.5, 0.6) is 0 Å². The fourth-order valence-electron chi connectivity index (χ4n) is 2.77. The minimum atomic E-state index is -0.862. The van der Waals surface area contributed by atoms with Gasteiger partial charge in [-0.25, -0.2) is 10.2 Å². The van der Waals surface area contributed by atoms with Gasteiger partial charge < -0.3 is 14.2 Å². The Hall–Kier alpha value is -0.740. The van der Waals surface area contributed by atoms with E-state index in [0.717, 1.165) is 25.3 Å². The molecule has 0 aliphatic rings. The van der Waals surface area contributed by atoms with Crippen LogP contribution in [0.15, 0.2) is 0 Å². The zero-order chi connectivity index (χ0) is 17.3. The van der Waals surface area contributed by atoms with Crippen molar-refractivity contribution in [3.05, 3.63) is 0 Å². The molecule has 0 fully saturated rings. The Labute approximate surface area is 136 Å². The Balaban J connectivity index is 0. The van der Waals surface area contributed by atoms with Crippen LogP contribution in [-0.2, 0) is 19.0 Å². The fourth-order valence-corrected chi connectivity index (χ4v) is 2.77. The van der Waals surface area contributed by atoms with Crippen molar-refractivity contribution in [2.24, 2.45) is 5.92 Å². The molecule has 0 aliphatic carbocycles. The number of hydrogen-bond donors (Lipinski definition) is 1. The molecule has 0 aromatic heterocycles. The van der Waals surface area contributed by atoms with Crippen LogP contribution in [0.1, 0.15) is 71.6 Å². The summed E-state index contributed by atoms with van der Waals surface area (Å²) in [7, 11) is 4.99. The van der Waals surface area contributed by atoms with Gasteiger partial charge in [0.1, 0.15) is 0 Å². The van der Waals surface area contributed by atoms with E-state index in [-0.39, 0.29) is 0 Å². The molecular weight excluding hydrogens is 282 g/mol. The number of unbranched alkanes of at least 4 members (excludes halogenated alkanes) is 5. The van der Waals surface area contributed by atoms with E-state index in [1.165, 1.54) is 38.5 Å². The molecule has 22 heavy (non-hydrogen) atoms. The number of nitrogens with one attached hydrogen (secondary N) is 1. The first-order valence-corrected chi connectivity index (χ1v) is 8.31. The average molecular weight is 317 g/mol. The maximum absolute atomic E-state index is 8.35. The van der Waals surface area contributed by atoms with Gasteiger partial charge in [-0.15, -0.1) is 0 Å². The highest BCUT2D eigenvalue weighted by Crippen LogP contribution is 2.32. The normalized spacial score (nSPS) is 12.2. The predicted octanol–water partition coefficient (Wildman–Crippen LogP) is 4.65. The van der Waals surface area contributed by atoms with Gasteiger partial charge in [0.15, 0.2) is 0 Å². The van der Waals surface area contributed by atoms with E-state index in [2.05, 4.69) is 13.8 Å². The summed E-state index contributed by atoms with van der Waals surface area (Å²) in [5.74, 6) is -0.553. The molecule has 5 nitrogen and oxygen atoms in total. The molecule has 0 aromatic rings. The number of methoxy groups -OCH3 is 3. The Bertz CT molecular complexity index is 253. The lowest BCUT2D eigenvalue weighted by molar-refractivity contribution is -0.380. The van der Waals surface area contributed by atoms with Gasteiger partial charge in [0.05, 0.1) is 0 Å². The van der Waals surface area contributed by atoms with E-state index in [1.807, 2.05) is 0 Å². The first kappa shape index (κ1) is 23.5. The van der Waals surface area contributed by atoms with Crippen molar-refractivity contribution in [2.45, 2.75) is 77.6 Å². The van der Waals surface area contributed by atoms with E-state index in [0.29, 0.717) is 5.92 Å². The SMILES string of the molecule is CCCCCCCCC(CCC)C(OC)(OC)OC.N=C=O. The van der Waals surface area contributed by atoms with Gasteiger partial charge >= 0.3 is 0 Å². The van der Waals surface area contributed by atoms with Crippen LogP contribution in [-0.4, -0.2) is 33.4 Å². The topological polar surface area (TPSA) is 68.6 Å². The molecular formula is C17H35NO4. The van der Waals surface area contributed by atoms with Crippen molar-refractivity contribution in [2.75, 3.05) is 21.3 Å². The Kier molecular flexibility index (Phi) is 17.8. The summed E-state index contributed by atoms with van der Waals surface area (Å²) in [6.07, 6.45) is 11.9. The van der Waals surface area contributed by atoms with E-state index in [9.17, 15) is 0 Å². The molecule has 0 aliphatic heterocycles. The molecule has 0 spiro atoms. The highest BCUT2D eigenvalue weighted by molar-refractivity contribution is 5.26. The molecule has 1 atom stereocenters. The summed E-state index contributed by atoms with van der Waals surface area (Å²) in [6.45, 7) is 4.45. The highest BCUT2D eigenvalue weighted by Gasteiger charge is 2.38. The van der Waals surface area contributed by atoms with E-state index in [1.54, 1.807) is 21.3 Å². The van der Waals surface area contributed by atoms with Crippen LogP contribution < -0.4 is 0 Å². The van der Waals surface area contributed by atoms with Crippen LogP contribution in [0.25, 0.3) is 0 Å². The molecule has 0 saturated heterocycles. The van der Waals surface area contributed by atoms with Gasteiger partial charge in [-0.3, -0.25) is 0 Å². The monoisotopic (exact) mass is 317 g/mol. The van der Waals surface area contributed by atoms with Crippen LogP contribution in [0.2, 0.25) is 0 Å². The van der Waals surface area contributed by atoms with E-state index < -0.39 is 5.97 Å². The lowest BCUT2D eigenvalue weighted by Crippen LogP contribution is -2.44. The molecule has 1 N–H and O–H groups in total. The standard InChI is InChI=1S/C16H34O3.CHNO/c1-6-8-9-10-11-12-14-15(13-7-2)16(17-3,18-4)19-5;2-1-3/h15H,6-14H2,1-5H3;2H. The minimum Gasteiger partial charge on any atom is -0.331 e. The summed E-state index contributed by atoms with van der Waals surface area (Å²) in [4.78, 5) is 8.35. The van der Waals surface area contributed by atoms with Gasteiger partial charge in [-0.05, 0) is 12.8 Å². The summed E-state index contributed by atoms with van der Waals surface area (Å²) in [5, 5.41) is 5.40. The van der Waals surface area contributed by atoms with Crippen LogP contribution in [0.3, 0.4) is 0 Å². The predicted molar refractivity (Wildman–Crippen MR) is 88.6 cm³/mol. The lowest BCUT2D eigenvalue weighted by Gasteiger charge is -2.36. The Morgan fingerprint density at radius 1 is 0.864 bits per heavy atom. The molecule has 0 radical (unpaired) electrons. The maximum Gasteiger partial charge on any atom is 0.285 e. The maximum atomic E-state index is 8.35. The van der Waals surface area contributed by atoms with Gasteiger partial charge in [0, 0.05) is 27.2 Å². The third kappa shape index (κ3) is 10.1. The molecule has 0 aromatic carbocycles. The van der Waals surface area contributed by atoms with E-state index >= 15 is 0 Å². The fraction of sp³-hybridized carbons (Fsp3) is 0.941. The first-order valence-electron chi connectivity index (χ1n) is 8.31. The van der Waals surface area contributed by atoms with Crippen LogP contribution >= 0.6 is 0 Å². The second kappa shape index (κ2) is 16.6. The molecule has 132 valence electrons. The van der Waals surface area contributed by atoms with Crippen molar-refractivity contribution in [1.29, 1.82) is 5.41 Å². The largest absolute Gasteiger partial charge is 0.331 e. The minimum absolute atomic E-state index is 0.309. The molecule has 0 heterocycles. The van der Waals surface area contributed by atoms with Gasteiger partial charge in [0.2, 0.25) is 6.08 Å². The third-order valence-electron chi connectivity index (χ3n) is 3.90. The Morgan fingerprint density at radius 3 is 1.73 bits per heavy atom. The summed E-state index contributed by atoms with van der Waals surface area (Å²) >= 11 is 0.